The molecule has 2 aromatic heterocycles. The largest absolute Gasteiger partial charge is 0.493 e. The number of H-pyrrole nitrogens is 1. The van der Waals surface area contributed by atoms with E-state index >= 15 is 0 Å². The van der Waals surface area contributed by atoms with Gasteiger partial charge in [0.25, 0.3) is 11.5 Å². The fraction of sp³-hybridized carbons (Fsp3) is 0.391. The zero-order chi connectivity index (χ0) is 24.1. The number of aromatic nitrogens is 3. The molecule has 0 radical (unpaired) electrons. The molecule has 4 rings (SSSR count). The van der Waals surface area contributed by atoms with E-state index in [4.69, 9.17) is 10.00 Å². The third-order valence-corrected chi connectivity index (χ3v) is 6.41. The first-order chi connectivity index (χ1) is 16.4. The summed E-state index contributed by atoms with van der Waals surface area (Å²) in [7, 11) is 0. The number of carbonyl (C=O) groups is 1. The first kappa shape index (κ1) is 23.8. The van der Waals surface area contributed by atoms with Crippen molar-refractivity contribution in [3.63, 3.8) is 0 Å². The molecule has 1 aliphatic rings. The number of nitrogens with one attached hydrogen (secondary N) is 2. The molecule has 0 bridgehead atoms. The fourth-order valence-electron chi connectivity index (χ4n) is 3.38. The highest BCUT2D eigenvalue weighted by atomic mass is 32.2. The van der Waals surface area contributed by atoms with Crippen LogP contribution in [0.15, 0.2) is 46.5 Å². The zero-order valence-electron chi connectivity index (χ0n) is 18.2. The van der Waals surface area contributed by atoms with Crippen LogP contribution >= 0.6 is 11.8 Å². The van der Waals surface area contributed by atoms with Crippen LogP contribution in [0.3, 0.4) is 0 Å². The van der Waals surface area contributed by atoms with E-state index in [1.54, 1.807) is 36.5 Å². The van der Waals surface area contributed by atoms with Crippen molar-refractivity contribution >= 4 is 28.7 Å². The Morgan fingerprint density at radius 1 is 1.35 bits per heavy atom. The van der Waals surface area contributed by atoms with Gasteiger partial charge in [-0.25, -0.2) is 13.8 Å². The second kappa shape index (κ2) is 10.3. The first-order valence-corrected chi connectivity index (χ1v) is 11.9. The molecule has 1 amide bonds. The van der Waals surface area contributed by atoms with E-state index in [9.17, 15) is 18.4 Å². The number of rotatable bonds is 11. The third kappa shape index (κ3) is 5.56. The maximum absolute atomic E-state index is 13.2. The summed E-state index contributed by atoms with van der Waals surface area (Å²) in [6.07, 6.45) is 2.65. The van der Waals surface area contributed by atoms with Gasteiger partial charge >= 0.3 is 0 Å². The first-order valence-electron chi connectivity index (χ1n) is 10.9. The zero-order valence-corrected chi connectivity index (χ0v) is 19.0. The van der Waals surface area contributed by atoms with E-state index in [0.717, 1.165) is 0 Å². The molecule has 1 unspecified atom stereocenters. The van der Waals surface area contributed by atoms with Crippen molar-refractivity contribution in [3.8, 4) is 17.5 Å². The summed E-state index contributed by atoms with van der Waals surface area (Å²) in [4.78, 5) is 32.5. The molecule has 2 heterocycles. The minimum absolute atomic E-state index is 0.0481. The Hall–Kier alpha value is -3.39. The molecule has 1 aliphatic carbocycles. The lowest BCUT2D eigenvalue weighted by atomic mass is 10.3. The van der Waals surface area contributed by atoms with Gasteiger partial charge in [0.05, 0.1) is 36.2 Å². The molecule has 178 valence electrons. The highest BCUT2D eigenvalue weighted by Gasteiger charge is 2.57. The van der Waals surface area contributed by atoms with Gasteiger partial charge < -0.3 is 15.0 Å². The number of thioether (sulfide) groups is 1. The Labute approximate surface area is 198 Å². The molecule has 11 heteroatoms. The summed E-state index contributed by atoms with van der Waals surface area (Å²) < 4.78 is 33.0. The average molecular weight is 488 g/mol. The van der Waals surface area contributed by atoms with Gasteiger partial charge in [-0.05, 0) is 36.8 Å². The fourth-order valence-corrected chi connectivity index (χ4v) is 4.33. The van der Waals surface area contributed by atoms with Gasteiger partial charge in [-0.1, -0.05) is 11.8 Å². The molecule has 34 heavy (non-hydrogen) atoms. The minimum Gasteiger partial charge on any atom is -0.493 e. The van der Waals surface area contributed by atoms with Gasteiger partial charge in [0, 0.05) is 31.3 Å². The van der Waals surface area contributed by atoms with Crippen LogP contribution in [-0.2, 0) is 4.79 Å². The minimum atomic E-state index is -2.63. The maximum Gasteiger partial charge on any atom is 0.283 e. The second-order valence-corrected chi connectivity index (χ2v) is 9.01. The number of hydrogen-bond acceptors (Lipinski definition) is 6. The van der Waals surface area contributed by atoms with Crippen LogP contribution in [0.5, 0.6) is 5.75 Å². The van der Waals surface area contributed by atoms with Crippen molar-refractivity contribution in [2.24, 2.45) is 5.92 Å². The quantitative estimate of drug-likeness (QED) is 0.243. The summed E-state index contributed by atoms with van der Waals surface area (Å²) in [5.41, 5.74) is 1.22. The number of hydrogen-bond donors (Lipinski definition) is 2. The highest BCUT2D eigenvalue weighted by Crippen LogP contribution is 2.48. The molecule has 0 saturated heterocycles. The van der Waals surface area contributed by atoms with Crippen LogP contribution < -0.4 is 15.6 Å². The summed E-state index contributed by atoms with van der Waals surface area (Å²) in [5, 5.41) is 11.7. The van der Waals surface area contributed by atoms with E-state index in [1.165, 1.54) is 16.3 Å². The van der Waals surface area contributed by atoms with Crippen molar-refractivity contribution in [3.05, 3.63) is 46.9 Å². The SMILES string of the molecule is N#CCCNC(=O)CCCSc1nc2cc[nH]c2c(=O)n1-c1ccc(OCC2CC2(F)F)cc1. The van der Waals surface area contributed by atoms with Crippen LogP contribution in [0.4, 0.5) is 8.78 Å². The lowest BCUT2D eigenvalue weighted by Crippen LogP contribution is -2.24. The van der Waals surface area contributed by atoms with Gasteiger partial charge in [-0.3, -0.25) is 14.2 Å². The topological polar surface area (TPSA) is 113 Å². The number of carbonyl (C=O) groups excluding carboxylic acids is 1. The number of fused-ring (bicyclic) bond motifs is 1. The van der Waals surface area contributed by atoms with Crippen molar-refractivity contribution in [2.75, 3.05) is 18.9 Å². The van der Waals surface area contributed by atoms with Crippen LogP contribution in [0.25, 0.3) is 16.7 Å². The highest BCUT2D eigenvalue weighted by molar-refractivity contribution is 7.99. The molecule has 1 atom stereocenters. The summed E-state index contributed by atoms with van der Waals surface area (Å²) in [6, 6.07) is 10.3. The monoisotopic (exact) mass is 487 g/mol. The predicted octanol–water partition coefficient (Wildman–Crippen LogP) is 3.65. The number of aromatic amines is 1. The van der Waals surface area contributed by atoms with Crippen LogP contribution in [0, 0.1) is 17.2 Å². The van der Waals surface area contributed by atoms with Gasteiger partial charge in [0.1, 0.15) is 11.3 Å². The number of halogens is 2. The lowest BCUT2D eigenvalue weighted by Gasteiger charge is -2.13. The summed E-state index contributed by atoms with van der Waals surface area (Å²) in [6.45, 7) is 0.282. The molecule has 1 aromatic carbocycles. The Bertz CT molecular complexity index is 1270. The molecular weight excluding hydrogens is 464 g/mol. The molecular formula is C23H23F2N5O3S. The Morgan fingerprint density at radius 3 is 2.82 bits per heavy atom. The molecule has 1 saturated carbocycles. The smallest absolute Gasteiger partial charge is 0.283 e. The number of ether oxygens (including phenoxy) is 1. The molecule has 0 aliphatic heterocycles. The Kier molecular flexibility index (Phi) is 7.17. The summed E-state index contributed by atoms with van der Waals surface area (Å²) in [5.74, 6) is -2.49. The van der Waals surface area contributed by atoms with Gasteiger partial charge in [0.2, 0.25) is 5.91 Å². The molecule has 3 aromatic rings. The van der Waals surface area contributed by atoms with Crippen LogP contribution in [-0.4, -0.2) is 45.3 Å². The van der Waals surface area contributed by atoms with E-state index in [0.29, 0.717) is 52.8 Å². The predicted molar refractivity (Wildman–Crippen MR) is 123 cm³/mol. The normalized spacial score (nSPS) is 16.2. The van der Waals surface area contributed by atoms with Crippen molar-refractivity contribution in [1.82, 2.24) is 19.9 Å². The average Bonchev–Trinajstić information content (AvgIpc) is 3.18. The van der Waals surface area contributed by atoms with E-state index in [-0.39, 0.29) is 30.9 Å². The summed E-state index contributed by atoms with van der Waals surface area (Å²) >= 11 is 1.36. The number of nitriles is 1. The standard InChI is InChI=1S/C23H23F2N5O3S/c24-23(25)13-15(23)14-33-17-6-4-16(5-7-17)30-21(32)20-18(8-11-28-20)29-22(30)34-12-1-3-19(31)27-10-2-9-26/h4-8,11,15,28H,1-3,10,12-14H2,(H,27,31). The van der Waals surface area contributed by atoms with Crippen molar-refractivity contribution in [2.45, 2.75) is 36.8 Å². The van der Waals surface area contributed by atoms with Crippen LogP contribution in [0.2, 0.25) is 0 Å². The molecule has 0 spiro atoms. The lowest BCUT2D eigenvalue weighted by molar-refractivity contribution is -0.121. The van der Waals surface area contributed by atoms with E-state index < -0.39 is 11.8 Å². The van der Waals surface area contributed by atoms with Crippen molar-refractivity contribution in [1.29, 1.82) is 5.26 Å². The third-order valence-electron chi connectivity index (χ3n) is 5.39. The second-order valence-electron chi connectivity index (χ2n) is 7.95. The van der Waals surface area contributed by atoms with E-state index in [1.807, 2.05) is 6.07 Å². The number of benzene rings is 1. The Balaban J connectivity index is 1.45. The molecule has 2 N–H and O–H groups in total. The van der Waals surface area contributed by atoms with Gasteiger partial charge in [-0.15, -0.1) is 0 Å². The maximum atomic E-state index is 13.2. The van der Waals surface area contributed by atoms with Crippen molar-refractivity contribution < 1.29 is 18.3 Å². The molecule has 8 nitrogen and oxygen atoms in total. The number of nitrogens with zero attached hydrogens (tertiary/aromatic N) is 3. The number of alkyl halides is 2. The number of amides is 1. The molecule has 1 fully saturated rings. The van der Waals surface area contributed by atoms with Crippen LogP contribution in [0.1, 0.15) is 25.7 Å². The Morgan fingerprint density at radius 2 is 2.12 bits per heavy atom. The van der Waals surface area contributed by atoms with Gasteiger partial charge in [0.15, 0.2) is 5.16 Å². The van der Waals surface area contributed by atoms with Gasteiger partial charge in [-0.2, -0.15) is 5.26 Å². The van der Waals surface area contributed by atoms with E-state index in [2.05, 4.69) is 15.3 Å².